The lowest BCUT2D eigenvalue weighted by Gasteiger charge is -2.40. The highest BCUT2D eigenvalue weighted by Gasteiger charge is 2.45. The van der Waals surface area contributed by atoms with Gasteiger partial charge in [0.2, 0.25) is 11.8 Å². The molecule has 0 saturated carbocycles. The van der Waals surface area contributed by atoms with Crippen LogP contribution in [-0.4, -0.2) is 99.8 Å². The molecule has 0 bridgehead atoms. The van der Waals surface area contributed by atoms with Gasteiger partial charge in [-0.25, -0.2) is 4.98 Å². The standard InChI is InChI=1S/C41H37F5N8O4/c42-40(43)53-32-7-10-47-21-30(32)27-3-1-24(18-34(27)53)25-17-31(41(44,45)46)36(48-20-25)52-11-8-23(9-12-52)22-50-13-15-51(16-14-50)26-2-4-28-29(19-26)39(58)54(38(28)57)33-5-6-35(55)49-37(33)56/h1-4,7,10,17-21,23,33,40H,5-6,8-9,11-16,22H2,(H,49,55,56). The molecule has 3 fully saturated rings. The molecule has 0 spiro atoms. The highest BCUT2D eigenvalue weighted by Crippen LogP contribution is 2.41. The summed E-state index contributed by atoms with van der Waals surface area (Å²) in [7, 11) is 0. The Morgan fingerprint density at radius 1 is 0.759 bits per heavy atom. The number of alkyl halides is 5. The van der Waals surface area contributed by atoms with E-state index < -0.39 is 48.0 Å². The average molecular weight is 801 g/mol. The van der Waals surface area contributed by atoms with E-state index in [2.05, 4.69) is 25.1 Å². The molecule has 0 radical (unpaired) electrons. The number of fused-ring (bicyclic) bond motifs is 4. The molecule has 4 amide bonds. The van der Waals surface area contributed by atoms with E-state index in [1.54, 1.807) is 35.2 Å². The van der Waals surface area contributed by atoms with Gasteiger partial charge in [-0.2, -0.15) is 22.0 Å². The highest BCUT2D eigenvalue weighted by molar-refractivity contribution is 6.23. The fourth-order valence-corrected chi connectivity index (χ4v) is 8.90. The van der Waals surface area contributed by atoms with E-state index in [1.807, 2.05) is 0 Å². The van der Waals surface area contributed by atoms with Crippen LogP contribution in [0.4, 0.5) is 33.5 Å². The Bertz CT molecular complexity index is 2490. The summed E-state index contributed by atoms with van der Waals surface area (Å²) in [5, 5.41) is 3.25. The second kappa shape index (κ2) is 14.4. The molecule has 1 atom stereocenters. The van der Waals surface area contributed by atoms with E-state index >= 15 is 0 Å². The molecule has 300 valence electrons. The van der Waals surface area contributed by atoms with Gasteiger partial charge < -0.3 is 9.80 Å². The average Bonchev–Trinajstić information content (AvgIpc) is 3.68. The topological polar surface area (TPSA) is 124 Å². The summed E-state index contributed by atoms with van der Waals surface area (Å²) in [4.78, 5) is 65.9. The van der Waals surface area contributed by atoms with Gasteiger partial charge in [0.15, 0.2) is 0 Å². The number of pyridine rings is 2. The van der Waals surface area contributed by atoms with Crippen molar-refractivity contribution in [1.82, 2.24) is 29.7 Å². The summed E-state index contributed by atoms with van der Waals surface area (Å²) in [6.45, 7) is 1.50. The number of piperazine rings is 1. The summed E-state index contributed by atoms with van der Waals surface area (Å²) in [6.07, 6.45) is 1.07. The van der Waals surface area contributed by atoms with Gasteiger partial charge in [0, 0.05) is 92.8 Å². The third-order valence-electron chi connectivity index (χ3n) is 11.9. The van der Waals surface area contributed by atoms with Crippen LogP contribution in [0.1, 0.15) is 58.5 Å². The first-order valence-corrected chi connectivity index (χ1v) is 19.2. The van der Waals surface area contributed by atoms with E-state index in [4.69, 9.17) is 0 Å². The Labute approximate surface area is 328 Å². The number of carbonyl (C=O) groups excluding carboxylic acids is 4. The van der Waals surface area contributed by atoms with Crippen LogP contribution in [0.5, 0.6) is 0 Å². The van der Waals surface area contributed by atoms with Gasteiger partial charge in [0.05, 0.1) is 27.7 Å². The fourth-order valence-electron chi connectivity index (χ4n) is 8.90. The van der Waals surface area contributed by atoms with Gasteiger partial charge in [-0.1, -0.05) is 12.1 Å². The van der Waals surface area contributed by atoms with E-state index in [1.165, 1.54) is 30.7 Å². The quantitative estimate of drug-likeness (QED) is 0.154. The number of aromatic nitrogens is 3. The van der Waals surface area contributed by atoms with Crippen LogP contribution in [0.25, 0.3) is 32.9 Å². The molecule has 5 aromatic rings. The highest BCUT2D eigenvalue weighted by atomic mass is 19.4. The number of hydrogen-bond acceptors (Lipinski definition) is 9. The lowest BCUT2D eigenvalue weighted by atomic mass is 9.95. The monoisotopic (exact) mass is 800 g/mol. The minimum absolute atomic E-state index is 0.0454. The second-order valence-electron chi connectivity index (χ2n) is 15.3. The molecule has 9 rings (SSSR count). The van der Waals surface area contributed by atoms with Crippen molar-refractivity contribution in [1.29, 1.82) is 0 Å². The number of nitrogens with zero attached hydrogens (tertiary/aromatic N) is 7. The largest absolute Gasteiger partial charge is 0.419 e. The maximum absolute atomic E-state index is 14.6. The minimum Gasteiger partial charge on any atom is -0.369 e. The van der Waals surface area contributed by atoms with Crippen molar-refractivity contribution in [3.63, 3.8) is 0 Å². The molecule has 12 nitrogen and oxygen atoms in total. The van der Waals surface area contributed by atoms with Gasteiger partial charge in [0.1, 0.15) is 11.9 Å². The smallest absolute Gasteiger partial charge is 0.369 e. The maximum atomic E-state index is 14.6. The van der Waals surface area contributed by atoms with Crippen molar-refractivity contribution in [2.75, 3.05) is 55.6 Å². The van der Waals surface area contributed by atoms with Gasteiger partial charge in [0.25, 0.3) is 11.8 Å². The SMILES string of the molecule is O=C1CCC(N2C(=O)c3ccc(N4CCN(CC5CCN(c6ncc(-c7ccc8c9cnccc9n(C(F)F)c8c7)cc6C(F)(F)F)CC5)CC4)cc3C2=O)C(=O)N1. The first-order chi connectivity index (χ1) is 27.9. The van der Waals surface area contributed by atoms with Crippen LogP contribution in [-0.2, 0) is 15.8 Å². The van der Waals surface area contributed by atoms with E-state index in [9.17, 15) is 41.1 Å². The van der Waals surface area contributed by atoms with Crippen molar-refractivity contribution in [3.8, 4) is 11.1 Å². The summed E-state index contributed by atoms with van der Waals surface area (Å²) in [5.41, 5.74) is 1.34. The molecule has 4 aliphatic rings. The number of imide groups is 2. The molecular formula is C41H37F5N8O4. The van der Waals surface area contributed by atoms with E-state index in [0.29, 0.717) is 55.4 Å². The zero-order valence-corrected chi connectivity index (χ0v) is 31.0. The number of piperidine rings is 2. The Hall–Kier alpha value is -5.97. The summed E-state index contributed by atoms with van der Waals surface area (Å²) in [6, 6.07) is 11.3. The summed E-state index contributed by atoms with van der Waals surface area (Å²) < 4.78 is 72.9. The van der Waals surface area contributed by atoms with Gasteiger partial charge in [-0.15, -0.1) is 0 Å². The number of hydrogen-bond donors (Lipinski definition) is 1. The molecule has 17 heteroatoms. The van der Waals surface area contributed by atoms with Gasteiger partial charge in [-0.3, -0.25) is 43.8 Å². The molecule has 0 aliphatic carbocycles. The van der Waals surface area contributed by atoms with Crippen LogP contribution in [0, 0.1) is 5.92 Å². The predicted molar refractivity (Wildman–Crippen MR) is 203 cm³/mol. The van der Waals surface area contributed by atoms with E-state index in [0.717, 1.165) is 40.9 Å². The normalized spacial score (nSPS) is 19.9. The predicted octanol–water partition coefficient (Wildman–Crippen LogP) is 6.11. The molecular weight excluding hydrogens is 763 g/mol. The Kier molecular flexibility index (Phi) is 9.36. The molecule has 2 aromatic carbocycles. The van der Waals surface area contributed by atoms with E-state index in [-0.39, 0.29) is 52.3 Å². The first kappa shape index (κ1) is 37.6. The third kappa shape index (κ3) is 6.60. The number of halogens is 5. The van der Waals surface area contributed by atoms with Crippen molar-refractivity contribution in [2.24, 2.45) is 5.92 Å². The fraction of sp³-hybridized carbons (Fsp3) is 0.366. The van der Waals surface area contributed by atoms with Gasteiger partial charge >= 0.3 is 12.7 Å². The molecule has 4 aliphatic heterocycles. The number of anilines is 2. The zero-order chi connectivity index (χ0) is 40.5. The van der Waals surface area contributed by atoms with Crippen molar-refractivity contribution >= 4 is 56.9 Å². The van der Waals surface area contributed by atoms with Crippen molar-refractivity contribution in [3.05, 3.63) is 83.8 Å². The molecule has 7 heterocycles. The molecule has 1 N–H and O–H groups in total. The van der Waals surface area contributed by atoms with Crippen LogP contribution in [0.15, 0.2) is 67.1 Å². The molecule has 1 unspecified atom stereocenters. The molecule has 3 saturated heterocycles. The Morgan fingerprint density at radius 2 is 1.52 bits per heavy atom. The zero-order valence-electron chi connectivity index (χ0n) is 31.0. The Balaban J connectivity index is 0.830. The number of amides is 4. The lowest BCUT2D eigenvalue weighted by molar-refractivity contribution is -0.138. The first-order valence-electron chi connectivity index (χ1n) is 19.2. The molecule has 3 aromatic heterocycles. The number of nitrogens with one attached hydrogen (secondary N) is 1. The molecule has 58 heavy (non-hydrogen) atoms. The van der Waals surface area contributed by atoms with Crippen molar-refractivity contribution in [2.45, 2.75) is 44.5 Å². The van der Waals surface area contributed by atoms with Crippen LogP contribution >= 0.6 is 0 Å². The number of rotatable bonds is 7. The third-order valence-corrected chi connectivity index (χ3v) is 11.9. The number of carbonyl (C=O) groups is 4. The van der Waals surface area contributed by atoms with Gasteiger partial charge in [-0.05, 0) is 67.1 Å². The number of benzene rings is 2. The minimum atomic E-state index is -4.70. The lowest BCUT2D eigenvalue weighted by Crippen LogP contribution is -2.54. The Morgan fingerprint density at radius 3 is 2.24 bits per heavy atom. The maximum Gasteiger partial charge on any atom is 0.419 e. The van der Waals surface area contributed by atoms with Crippen molar-refractivity contribution < 1.29 is 41.1 Å². The van der Waals surface area contributed by atoms with Crippen LogP contribution < -0.4 is 15.1 Å². The summed E-state index contributed by atoms with van der Waals surface area (Å²) in [5.74, 6) is -2.08. The summed E-state index contributed by atoms with van der Waals surface area (Å²) >= 11 is 0. The van der Waals surface area contributed by atoms with Crippen LogP contribution in [0.3, 0.4) is 0 Å². The second-order valence-corrected chi connectivity index (χ2v) is 15.3. The van der Waals surface area contributed by atoms with Crippen LogP contribution in [0.2, 0.25) is 0 Å².